The smallest absolute Gasteiger partial charge is 0.222 e. The lowest BCUT2D eigenvalue weighted by molar-refractivity contribution is -0.0903. The maximum absolute atomic E-state index is 5.56. The summed E-state index contributed by atoms with van der Waals surface area (Å²) in [7, 11) is 0. The predicted molar refractivity (Wildman–Crippen MR) is 46.6 cm³/mol. The van der Waals surface area contributed by atoms with Crippen LogP contribution in [-0.4, -0.2) is 29.8 Å². The summed E-state index contributed by atoms with van der Waals surface area (Å²) in [5, 5.41) is 0.250. The van der Waals surface area contributed by atoms with E-state index in [-0.39, 0.29) is 11.4 Å². The lowest BCUT2D eigenvalue weighted by Gasteiger charge is -2.22. The summed E-state index contributed by atoms with van der Waals surface area (Å²) in [6, 6.07) is 0. The molecule has 1 aromatic rings. The Balaban J connectivity index is 2.10. The van der Waals surface area contributed by atoms with E-state index in [1.54, 1.807) is 12.4 Å². The van der Waals surface area contributed by atoms with Gasteiger partial charge in [0.15, 0.2) is 0 Å². The largest absolute Gasteiger partial charge is 0.376 e. The highest BCUT2D eigenvalue weighted by Gasteiger charge is 2.16. The summed E-state index contributed by atoms with van der Waals surface area (Å²) >= 11 is 5.56. The molecular formula is C8H9ClN2O2. The monoisotopic (exact) mass is 200 g/mol. The molecule has 5 heteroatoms. The summed E-state index contributed by atoms with van der Waals surface area (Å²) in [4.78, 5) is 7.75. The molecule has 1 fully saturated rings. The molecule has 0 spiro atoms. The number of aromatic nitrogens is 2. The SMILES string of the molecule is Clc1ncc(C2COCCO2)cn1. The van der Waals surface area contributed by atoms with Crippen LogP contribution in [0.5, 0.6) is 0 Å². The minimum Gasteiger partial charge on any atom is -0.376 e. The van der Waals surface area contributed by atoms with Crippen LogP contribution >= 0.6 is 11.6 Å². The number of hydrogen-bond acceptors (Lipinski definition) is 4. The van der Waals surface area contributed by atoms with Gasteiger partial charge in [0.05, 0.1) is 19.8 Å². The molecule has 0 amide bonds. The van der Waals surface area contributed by atoms with Crippen LogP contribution in [0.25, 0.3) is 0 Å². The molecule has 0 N–H and O–H groups in total. The van der Waals surface area contributed by atoms with Crippen LogP contribution in [0, 0.1) is 0 Å². The van der Waals surface area contributed by atoms with Gasteiger partial charge in [0.1, 0.15) is 6.10 Å². The Hall–Kier alpha value is -0.710. The Labute approximate surface area is 80.9 Å². The molecule has 1 unspecified atom stereocenters. The average Bonchev–Trinajstić information content (AvgIpc) is 2.20. The molecule has 13 heavy (non-hydrogen) atoms. The standard InChI is InChI=1S/C8H9ClN2O2/c9-8-10-3-6(4-11-8)7-5-12-1-2-13-7/h3-4,7H,1-2,5H2. The molecular weight excluding hydrogens is 192 g/mol. The molecule has 1 aliphatic heterocycles. The average molecular weight is 201 g/mol. The van der Waals surface area contributed by atoms with Crippen LogP contribution in [0.1, 0.15) is 11.7 Å². The zero-order valence-corrected chi connectivity index (χ0v) is 7.70. The van der Waals surface area contributed by atoms with Crippen LogP contribution in [-0.2, 0) is 9.47 Å². The zero-order chi connectivity index (χ0) is 9.10. The minimum atomic E-state index is -0.0500. The van der Waals surface area contributed by atoms with Crippen LogP contribution in [0.15, 0.2) is 12.4 Å². The van der Waals surface area contributed by atoms with Gasteiger partial charge in [-0.05, 0) is 11.6 Å². The normalized spacial score (nSPS) is 23.0. The number of hydrogen-bond donors (Lipinski definition) is 0. The number of halogens is 1. The molecule has 2 heterocycles. The highest BCUT2D eigenvalue weighted by molar-refractivity contribution is 6.28. The van der Waals surface area contributed by atoms with E-state index < -0.39 is 0 Å². The third kappa shape index (κ3) is 2.15. The van der Waals surface area contributed by atoms with Crippen molar-refractivity contribution in [1.82, 2.24) is 9.97 Å². The fourth-order valence-electron chi connectivity index (χ4n) is 1.17. The first-order valence-electron chi connectivity index (χ1n) is 4.03. The van der Waals surface area contributed by atoms with Gasteiger partial charge in [-0.1, -0.05) is 0 Å². The highest BCUT2D eigenvalue weighted by Crippen LogP contribution is 2.19. The van der Waals surface area contributed by atoms with Crippen molar-refractivity contribution >= 4 is 11.6 Å². The summed E-state index contributed by atoms with van der Waals surface area (Å²) in [5.74, 6) is 0. The Bertz CT molecular complexity index is 272. The van der Waals surface area contributed by atoms with E-state index in [9.17, 15) is 0 Å². The summed E-state index contributed by atoms with van der Waals surface area (Å²) < 4.78 is 10.7. The Morgan fingerprint density at radius 3 is 2.69 bits per heavy atom. The van der Waals surface area contributed by atoms with Gasteiger partial charge in [-0.3, -0.25) is 0 Å². The quantitative estimate of drug-likeness (QED) is 0.640. The van der Waals surface area contributed by atoms with E-state index in [0.717, 1.165) is 5.56 Å². The molecule has 1 atom stereocenters. The maximum Gasteiger partial charge on any atom is 0.222 e. The Kier molecular flexibility index (Phi) is 2.73. The van der Waals surface area contributed by atoms with Gasteiger partial charge in [-0.25, -0.2) is 9.97 Å². The molecule has 0 aromatic carbocycles. The van der Waals surface area contributed by atoms with E-state index in [1.165, 1.54) is 0 Å². The molecule has 1 aromatic heterocycles. The molecule has 0 radical (unpaired) electrons. The first-order valence-corrected chi connectivity index (χ1v) is 4.41. The van der Waals surface area contributed by atoms with Gasteiger partial charge in [0.2, 0.25) is 5.28 Å². The second kappa shape index (κ2) is 4.00. The van der Waals surface area contributed by atoms with Crippen molar-refractivity contribution in [2.24, 2.45) is 0 Å². The van der Waals surface area contributed by atoms with Crippen LogP contribution in [0.2, 0.25) is 5.28 Å². The molecule has 2 rings (SSSR count). The first kappa shape index (κ1) is 8.87. The van der Waals surface area contributed by atoms with E-state index >= 15 is 0 Å². The van der Waals surface area contributed by atoms with Crippen molar-refractivity contribution in [2.45, 2.75) is 6.10 Å². The van der Waals surface area contributed by atoms with Gasteiger partial charge in [0, 0.05) is 18.0 Å². The molecule has 4 nitrogen and oxygen atoms in total. The van der Waals surface area contributed by atoms with Crippen molar-refractivity contribution in [3.63, 3.8) is 0 Å². The van der Waals surface area contributed by atoms with Crippen molar-refractivity contribution in [3.8, 4) is 0 Å². The number of ether oxygens (including phenoxy) is 2. The molecule has 1 aliphatic rings. The van der Waals surface area contributed by atoms with E-state index in [4.69, 9.17) is 21.1 Å². The second-order valence-electron chi connectivity index (χ2n) is 2.72. The third-order valence-electron chi connectivity index (χ3n) is 1.83. The van der Waals surface area contributed by atoms with E-state index in [2.05, 4.69) is 9.97 Å². The van der Waals surface area contributed by atoms with Crippen molar-refractivity contribution < 1.29 is 9.47 Å². The molecule has 0 bridgehead atoms. The van der Waals surface area contributed by atoms with Gasteiger partial charge in [-0.2, -0.15) is 0 Å². The van der Waals surface area contributed by atoms with Gasteiger partial charge in [0.25, 0.3) is 0 Å². The van der Waals surface area contributed by atoms with Crippen LogP contribution in [0.3, 0.4) is 0 Å². The van der Waals surface area contributed by atoms with Crippen molar-refractivity contribution in [2.75, 3.05) is 19.8 Å². The summed E-state index contributed by atoms with van der Waals surface area (Å²) in [5.41, 5.74) is 0.907. The second-order valence-corrected chi connectivity index (χ2v) is 3.06. The van der Waals surface area contributed by atoms with E-state index in [0.29, 0.717) is 19.8 Å². The predicted octanol–water partition coefficient (Wildman–Crippen LogP) is 1.22. The van der Waals surface area contributed by atoms with E-state index in [1.807, 2.05) is 0 Å². The van der Waals surface area contributed by atoms with Crippen LogP contribution in [0.4, 0.5) is 0 Å². The first-order chi connectivity index (χ1) is 6.36. The summed E-state index contributed by atoms with van der Waals surface area (Å²) in [6.07, 6.45) is 3.27. The third-order valence-corrected chi connectivity index (χ3v) is 2.02. The van der Waals surface area contributed by atoms with Crippen molar-refractivity contribution in [3.05, 3.63) is 23.2 Å². The molecule has 1 saturated heterocycles. The highest BCUT2D eigenvalue weighted by atomic mass is 35.5. The summed E-state index contributed by atoms with van der Waals surface area (Å²) in [6.45, 7) is 1.84. The molecule has 70 valence electrons. The van der Waals surface area contributed by atoms with Gasteiger partial charge >= 0.3 is 0 Å². The topological polar surface area (TPSA) is 44.2 Å². The lowest BCUT2D eigenvalue weighted by atomic mass is 10.2. The van der Waals surface area contributed by atoms with Gasteiger partial charge < -0.3 is 9.47 Å². The zero-order valence-electron chi connectivity index (χ0n) is 6.94. The number of rotatable bonds is 1. The van der Waals surface area contributed by atoms with Crippen molar-refractivity contribution in [1.29, 1.82) is 0 Å². The van der Waals surface area contributed by atoms with Gasteiger partial charge in [-0.15, -0.1) is 0 Å². The minimum absolute atomic E-state index is 0.0500. The fraction of sp³-hybridized carbons (Fsp3) is 0.500. The molecule has 0 saturated carbocycles. The Morgan fingerprint density at radius 1 is 1.31 bits per heavy atom. The number of nitrogens with zero attached hydrogens (tertiary/aromatic N) is 2. The van der Waals surface area contributed by atoms with Crippen LogP contribution < -0.4 is 0 Å². The lowest BCUT2D eigenvalue weighted by Crippen LogP contribution is -2.22. The Morgan fingerprint density at radius 2 is 2.08 bits per heavy atom. The maximum atomic E-state index is 5.56. The fourth-order valence-corrected chi connectivity index (χ4v) is 1.27. The molecule has 0 aliphatic carbocycles.